The molecule has 0 bridgehead atoms. The smallest absolute Gasteiger partial charge is 0.0391 e. The molecule has 1 atom stereocenters. The molecule has 2 rings (SSSR count). The van der Waals surface area contributed by atoms with Crippen molar-refractivity contribution < 1.29 is 5.21 Å². The van der Waals surface area contributed by atoms with Crippen LogP contribution in [-0.4, -0.2) is 22.9 Å². The van der Waals surface area contributed by atoms with E-state index in [4.69, 9.17) is 0 Å². The van der Waals surface area contributed by atoms with Gasteiger partial charge in [-0.3, -0.25) is 0 Å². The second kappa shape index (κ2) is 3.11. The molecule has 0 spiro atoms. The van der Waals surface area contributed by atoms with E-state index in [-0.39, 0.29) is 0 Å². The van der Waals surface area contributed by atoms with Gasteiger partial charge in [-0.2, -0.15) is 5.06 Å². The van der Waals surface area contributed by atoms with E-state index in [1.54, 1.807) is 0 Å². The highest BCUT2D eigenvalue weighted by atomic mass is 16.5. The minimum Gasteiger partial charge on any atom is -0.314 e. The molecule has 1 aliphatic heterocycles. The summed E-state index contributed by atoms with van der Waals surface area (Å²) in [5.41, 5.74) is 0. The molecule has 1 N–H and O–H groups in total. The van der Waals surface area contributed by atoms with Gasteiger partial charge in [0.15, 0.2) is 0 Å². The molecule has 1 aliphatic carbocycles. The summed E-state index contributed by atoms with van der Waals surface area (Å²) in [4.78, 5) is 0. The van der Waals surface area contributed by atoms with Crippen LogP contribution in [0.2, 0.25) is 0 Å². The lowest BCUT2D eigenvalue weighted by molar-refractivity contribution is -0.200. The molecule has 0 amide bonds. The first kappa shape index (κ1) is 7.56. The molecule has 0 aromatic heterocycles. The third-order valence-electron chi connectivity index (χ3n) is 3.23. The Kier molecular flexibility index (Phi) is 2.14. The molecule has 1 heterocycles. The van der Waals surface area contributed by atoms with E-state index in [0.29, 0.717) is 6.04 Å². The zero-order valence-electron chi connectivity index (χ0n) is 7.00. The molecule has 1 unspecified atom stereocenters. The van der Waals surface area contributed by atoms with Crippen LogP contribution in [-0.2, 0) is 0 Å². The summed E-state index contributed by atoms with van der Waals surface area (Å²) in [5, 5.41) is 10.8. The van der Waals surface area contributed by atoms with E-state index in [1.807, 2.05) is 0 Å². The first-order valence-corrected chi connectivity index (χ1v) is 4.83. The topological polar surface area (TPSA) is 23.5 Å². The molecule has 0 radical (unpaired) electrons. The zero-order valence-corrected chi connectivity index (χ0v) is 7.00. The van der Waals surface area contributed by atoms with Crippen LogP contribution in [0.25, 0.3) is 0 Å². The number of rotatable bonds is 1. The fourth-order valence-corrected chi connectivity index (χ4v) is 2.39. The quantitative estimate of drug-likeness (QED) is 0.626. The number of hydrogen-bond acceptors (Lipinski definition) is 2. The van der Waals surface area contributed by atoms with Gasteiger partial charge >= 0.3 is 0 Å². The molecule has 2 heteroatoms. The van der Waals surface area contributed by atoms with Crippen LogP contribution in [0.5, 0.6) is 0 Å². The van der Waals surface area contributed by atoms with Gasteiger partial charge in [0.05, 0.1) is 0 Å². The molecule has 2 nitrogen and oxygen atoms in total. The lowest BCUT2D eigenvalue weighted by Crippen LogP contribution is -2.50. The maximum atomic E-state index is 9.29. The third kappa shape index (κ3) is 1.42. The van der Waals surface area contributed by atoms with Gasteiger partial charge in [-0.1, -0.05) is 19.3 Å². The summed E-state index contributed by atoms with van der Waals surface area (Å²) in [6.07, 6.45) is 8.10. The van der Waals surface area contributed by atoms with Crippen molar-refractivity contribution in [1.82, 2.24) is 5.06 Å². The van der Waals surface area contributed by atoms with Crippen LogP contribution < -0.4 is 0 Å². The molecule has 1 saturated carbocycles. The summed E-state index contributed by atoms with van der Waals surface area (Å²) >= 11 is 0. The van der Waals surface area contributed by atoms with Crippen molar-refractivity contribution in [1.29, 1.82) is 0 Å². The molecular weight excluding hydrogens is 138 g/mol. The second-order valence-corrected chi connectivity index (χ2v) is 3.92. The number of hydrogen-bond donors (Lipinski definition) is 1. The minimum atomic E-state index is 0.523. The normalized spacial score (nSPS) is 35.2. The molecule has 2 fully saturated rings. The van der Waals surface area contributed by atoms with Crippen LogP contribution in [0.4, 0.5) is 0 Å². The molecule has 2 aliphatic rings. The van der Waals surface area contributed by atoms with Crippen LogP contribution in [0, 0.1) is 5.92 Å². The van der Waals surface area contributed by atoms with E-state index >= 15 is 0 Å². The Labute approximate surface area is 68.2 Å². The first-order valence-electron chi connectivity index (χ1n) is 4.83. The van der Waals surface area contributed by atoms with Crippen molar-refractivity contribution in [2.75, 3.05) is 6.54 Å². The number of hydroxylamine groups is 2. The maximum Gasteiger partial charge on any atom is 0.0391 e. The van der Waals surface area contributed by atoms with Crippen molar-refractivity contribution >= 4 is 0 Å². The van der Waals surface area contributed by atoms with Crippen molar-refractivity contribution in [3.8, 4) is 0 Å². The Bertz CT molecular complexity index is 132. The zero-order chi connectivity index (χ0) is 7.68. The van der Waals surface area contributed by atoms with Crippen LogP contribution in [0.1, 0.15) is 38.5 Å². The van der Waals surface area contributed by atoms with Gasteiger partial charge in [0.2, 0.25) is 0 Å². The second-order valence-electron chi connectivity index (χ2n) is 3.92. The lowest BCUT2D eigenvalue weighted by atomic mass is 9.80. The highest BCUT2D eigenvalue weighted by Gasteiger charge is 2.34. The Hall–Kier alpha value is -0.0800. The minimum absolute atomic E-state index is 0.523. The third-order valence-corrected chi connectivity index (χ3v) is 3.23. The summed E-state index contributed by atoms with van der Waals surface area (Å²) in [6, 6.07) is 0.523. The van der Waals surface area contributed by atoms with Crippen molar-refractivity contribution in [3.05, 3.63) is 0 Å². The van der Waals surface area contributed by atoms with Crippen LogP contribution in [0.3, 0.4) is 0 Å². The average Bonchev–Trinajstić information content (AvgIpc) is 2.04. The molecular formula is C9H17NO. The summed E-state index contributed by atoms with van der Waals surface area (Å²) < 4.78 is 0. The fourth-order valence-electron chi connectivity index (χ4n) is 2.39. The van der Waals surface area contributed by atoms with E-state index in [0.717, 1.165) is 12.5 Å². The highest BCUT2D eigenvalue weighted by molar-refractivity contribution is 4.84. The van der Waals surface area contributed by atoms with Gasteiger partial charge in [0.25, 0.3) is 0 Å². The maximum absolute atomic E-state index is 9.29. The van der Waals surface area contributed by atoms with Crippen molar-refractivity contribution in [2.45, 2.75) is 44.6 Å². The van der Waals surface area contributed by atoms with Gasteiger partial charge in [-0.15, -0.1) is 0 Å². The van der Waals surface area contributed by atoms with Crippen LogP contribution in [0.15, 0.2) is 0 Å². The highest BCUT2D eigenvalue weighted by Crippen LogP contribution is 2.33. The van der Waals surface area contributed by atoms with Crippen LogP contribution >= 0.6 is 0 Å². The van der Waals surface area contributed by atoms with E-state index in [2.05, 4.69) is 0 Å². The Balaban J connectivity index is 1.83. The van der Waals surface area contributed by atoms with E-state index in [9.17, 15) is 5.21 Å². The van der Waals surface area contributed by atoms with Gasteiger partial charge < -0.3 is 5.21 Å². The first-order chi connectivity index (χ1) is 5.38. The van der Waals surface area contributed by atoms with Gasteiger partial charge in [0.1, 0.15) is 0 Å². The standard InChI is InChI=1S/C9H17NO/c11-10-7-6-9(10)8-4-2-1-3-5-8/h8-9,11H,1-7H2. The van der Waals surface area contributed by atoms with E-state index < -0.39 is 0 Å². The SMILES string of the molecule is ON1CCC1C1CCCCC1. The average molecular weight is 155 g/mol. The Morgan fingerprint density at radius 3 is 2.18 bits per heavy atom. The molecule has 11 heavy (non-hydrogen) atoms. The van der Waals surface area contributed by atoms with E-state index in [1.165, 1.54) is 43.6 Å². The largest absolute Gasteiger partial charge is 0.314 e. The number of nitrogens with zero attached hydrogens (tertiary/aromatic N) is 1. The fraction of sp³-hybridized carbons (Fsp3) is 1.00. The van der Waals surface area contributed by atoms with Gasteiger partial charge in [-0.25, -0.2) is 0 Å². The van der Waals surface area contributed by atoms with Gasteiger partial charge in [0, 0.05) is 12.6 Å². The van der Waals surface area contributed by atoms with Crippen molar-refractivity contribution in [2.24, 2.45) is 5.92 Å². The Morgan fingerprint density at radius 1 is 1.00 bits per heavy atom. The molecule has 0 aromatic carbocycles. The molecule has 0 aromatic rings. The summed E-state index contributed by atoms with van der Waals surface area (Å²) in [5.74, 6) is 0.808. The van der Waals surface area contributed by atoms with Gasteiger partial charge in [-0.05, 0) is 25.2 Å². The summed E-state index contributed by atoms with van der Waals surface area (Å²) in [6.45, 7) is 0.904. The molecule has 1 saturated heterocycles. The Morgan fingerprint density at radius 2 is 1.73 bits per heavy atom. The predicted octanol–water partition coefficient (Wildman–Crippen LogP) is 2.03. The summed E-state index contributed by atoms with van der Waals surface area (Å²) in [7, 11) is 0. The lowest BCUT2D eigenvalue weighted by Gasteiger charge is -2.42. The monoisotopic (exact) mass is 155 g/mol. The predicted molar refractivity (Wildman–Crippen MR) is 43.5 cm³/mol. The van der Waals surface area contributed by atoms with Crippen molar-refractivity contribution in [3.63, 3.8) is 0 Å². The molecule has 64 valence electrons.